The molecule has 8 heteroatoms. The van der Waals surface area contributed by atoms with Gasteiger partial charge in [-0.2, -0.15) is 0 Å². The van der Waals surface area contributed by atoms with Gasteiger partial charge in [0, 0.05) is 25.6 Å². The fraction of sp³-hybridized carbons (Fsp3) is 0.389. The Morgan fingerprint density at radius 1 is 1.15 bits per heavy atom. The molecule has 0 aliphatic heterocycles. The molecule has 7 nitrogen and oxygen atoms in total. The van der Waals surface area contributed by atoms with Crippen molar-refractivity contribution in [2.24, 2.45) is 7.05 Å². The first-order valence-corrected chi connectivity index (χ1v) is 8.78. The molecule has 0 saturated carbocycles. The lowest BCUT2D eigenvalue weighted by Gasteiger charge is -2.12. The summed E-state index contributed by atoms with van der Waals surface area (Å²) in [6.45, 7) is 2.81. The quantitative estimate of drug-likeness (QED) is 0.657. The molecule has 0 bridgehead atoms. The summed E-state index contributed by atoms with van der Waals surface area (Å²) in [6, 6.07) is 7.09. The van der Waals surface area contributed by atoms with Crippen molar-refractivity contribution in [1.82, 2.24) is 18.7 Å². The van der Waals surface area contributed by atoms with E-state index in [0.717, 1.165) is 11.4 Å². The number of ether oxygens (including phenoxy) is 1. The van der Waals surface area contributed by atoms with Gasteiger partial charge in [0.25, 0.3) is 5.56 Å². The van der Waals surface area contributed by atoms with Crippen LogP contribution in [0.1, 0.15) is 18.3 Å². The van der Waals surface area contributed by atoms with E-state index < -0.39 is 5.69 Å². The number of aryl methyl sites for hydroxylation is 2. The zero-order valence-electron chi connectivity index (χ0n) is 15.0. The van der Waals surface area contributed by atoms with Crippen LogP contribution >= 0.6 is 11.6 Å². The first-order chi connectivity index (χ1) is 12.5. The topological polar surface area (TPSA) is 71.1 Å². The van der Waals surface area contributed by atoms with E-state index in [9.17, 15) is 9.59 Å². The molecule has 2 heterocycles. The van der Waals surface area contributed by atoms with Crippen LogP contribution in [0.2, 0.25) is 5.02 Å². The van der Waals surface area contributed by atoms with Gasteiger partial charge < -0.3 is 9.30 Å². The number of aromatic nitrogens is 4. The third-order valence-electron chi connectivity index (χ3n) is 4.42. The monoisotopic (exact) mass is 376 g/mol. The van der Waals surface area contributed by atoms with Gasteiger partial charge in [-0.25, -0.2) is 9.78 Å². The molecule has 0 aliphatic carbocycles. The smallest absolute Gasteiger partial charge is 0.333 e. The Kier molecular flexibility index (Phi) is 5.29. The summed E-state index contributed by atoms with van der Waals surface area (Å²) in [6.07, 6.45) is 0.667. The second-order valence-electron chi connectivity index (χ2n) is 6.06. The lowest BCUT2D eigenvalue weighted by Crippen LogP contribution is -2.41. The number of hydrogen-bond acceptors (Lipinski definition) is 4. The van der Waals surface area contributed by atoms with Gasteiger partial charge in [-0.05, 0) is 17.7 Å². The van der Waals surface area contributed by atoms with Crippen molar-refractivity contribution in [2.75, 3.05) is 13.7 Å². The molecule has 1 aromatic carbocycles. The normalized spacial score (nSPS) is 11.4. The van der Waals surface area contributed by atoms with Crippen LogP contribution in [-0.2, 0) is 31.3 Å². The molecule has 0 fully saturated rings. The van der Waals surface area contributed by atoms with Crippen LogP contribution < -0.4 is 11.2 Å². The number of rotatable bonds is 6. The summed E-state index contributed by atoms with van der Waals surface area (Å²) in [5.74, 6) is 0.756. The number of nitrogens with zero attached hydrogens (tertiary/aromatic N) is 4. The van der Waals surface area contributed by atoms with Gasteiger partial charge in [0.1, 0.15) is 5.82 Å². The summed E-state index contributed by atoms with van der Waals surface area (Å²) in [7, 11) is 3.37. The van der Waals surface area contributed by atoms with Crippen LogP contribution in [-0.4, -0.2) is 32.4 Å². The second kappa shape index (κ2) is 7.47. The first kappa shape index (κ1) is 18.4. The maximum absolute atomic E-state index is 13.0. The average Bonchev–Trinajstić information content (AvgIpc) is 2.97. The fourth-order valence-electron chi connectivity index (χ4n) is 3.02. The van der Waals surface area contributed by atoms with E-state index in [2.05, 4.69) is 4.98 Å². The third-order valence-corrected chi connectivity index (χ3v) is 4.68. The molecule has 26 heavy (non-hydrogen) atoms. The van der Waals surface area contributed by atoms with Crippen LogP contribution in [0.3, 0.4) is 0 Å². The molecule has 138 valence electrons. The van der Waals surface area contributed by atoms with Crippen molar-refractivity contribution < 1.29 is 4.74 Å². The number of fused-ring (bicyclic) bond motifs is 1. The summed E-state index contributed by atoms with van der Waals surface area (Å²) in [5, 5.41) is 0.605. The number of benzene rings is 1. The SMILES string of the molecule is CCc1nc2c(c(=O)n(Cc3ccc(Cl)cc3)c(=O)n2CCOC)n1C. The zero-order chi connectivity index (χ0) is 18.8. The summed E-state index contributed by atoms with van der Waals surface area (Å²) in [4.78, 5) is 30.5. The number of halogens is 1. The van der Waals surface area contributed by atoms with E-state index in [1.54, 1.807) is 43.0 Å². The minimum Gasteiger partial charge on any atom is -0.383 e. The number of imidazole rings is 1. The molecule has 0 unspecified atom stereocenters. The van der Waals surface area contributed by atoms with E-state index >= 15 is 0 Å². The summed E-state index contributed by atoms with van der Waals surface area (Å²) >= 11 is 5.92. The molecule has 0 saturated heterocycles. The van der Waals surface area contributed by atoms with Crippen molar-refractivity contribution in [3.8, 4) is 0 Å². The van der Waals surface area contributed by atoms with E-state index in [-0.39, 0.29) is 12.1 Å². The van der Waals surface area contributed by atoms with Crippen molar-refractivity contribution in [1.29, 1.82) is 0 Å². The highest BCUT2D eigenvalue weighted by Gasteiger charge is 2.19. The Hall–Kier alpha value is -2.38. The number of methoxy groups -OCH3 is 1. The Labute approximate surface area is 155 Å². The first-order valence-electron chi connectivity index (χ1n) is 8.40. The Morgan fingerprint density at radius 3 is 2.46 bits per heavy atom. The minimum absolute atomic E-state index is 0.171. The van der Waals surface area contributed by atoms with Crippen LogP contribution in [0.4, 0.5) is 0 Å². The molecule has 0 aliphatic rings. The molecule has 0 spiro atoms. The van der Waals surface area contributed by atoms with Crippen LogP contribution in [0.15, 0.2) is 33.9 Å². The Balaban J connectivity index is 2.24. The molecule has 0 atom stereocenters. The van der Waals surface area contributed by atoms with Crippen LogP contribution in [0.25, 0.3) is 11.2 Å². The van der Waals surface area contributed by atoms with E-state index in [1.807, 2.05) is 6.92 Å². The molecular formula is C18H21ClN4O3. The van der Waals surface area contributed by atoms with Crippen LogP contribution in [0, 0.1) is 0 Å². The maximum Gasteiger partial charge on any atom is 0.333 e. The Morgan fingerprint density at radius 2 is 1.85 bits per heavy atom. The van der Waals surface area contributed by atoms with Gasteiger partial charge in [-0.15, -0.1) is 0 Å². The molecular weight excluding hydrogens is 356 g/mol. The molecule has 0 N–H and O–H groups in total. The lowest BCUT2D eigenvalue weighted by atomic mass is 10.2. The van der Waals surface area contributed by atoms with Crippen molar-refractivity contribution in [2.45, 2.75) is 26.4 Å². The third kappa shape index (κ3) is 3.20. The fourth-order valence-corrected chi connectivity index (χ4v) is 3.15. The van der Waals surface area contributed by atoms with Crippen molar-refractivity contribution >= 4 is 22.8 Å². The van der Waals surface area contributed by atoms with E-state index in [1.165, 1.54) is 9.13 Å². The standard InChI is InChI=1S/C18H21ClN4O3/c1-4-14-20-16-15(21(14)2)17(24)23(18(25)22(16)9-10-26-3)11-12-5-7-13(19)8-6-12/h5-8H,4,9-11H2,1-3H3. The molecule has 0 radical (unpaired) electrons. The largest absolute Gasteiger partial charge is 0.383 e. The highest BCUT2D eigenvalue weighted by molar-refractivity contribution is 6.30. The maximum atomic E-state index is 13.0. The van der Waals surface area contributed by atoms with Crippen molar-refractivity contribution in [3.05, 3.63) is 61.5 Å². The van der Waals surface area contributed by atoms with Gasteiger partial charge in [0.05, 0.1) is 19.7 Å². The van der Waals surface area contributed by atoms with Gasteiger partial charge in [-0.1, -0.05) is 30.7 Å². The average molecular weight is 377 g/mol. The molecule has 3 rings (SSSR count). The summed E-state index contributed by atoms with van der Waals surface area (Å²) in [5.41, 5.74) is 0.915. The minimum atomic E-state index is -0.393. The highest BCUT2D eigenvalue weighted by atomic mass is 35.5. The summed E-state index contributed by atoms with van der Waals surface area (Å²) < 4.78 is 9.63. The molecule has 0 amide bonds. The molecule has 3 aromatic rings. The zero-order valence-corrected chi connectivity index (χ0v) is 15.8. The van der Waals surface area contributed by atoms with E-state index in [4.69, 9.17) is 16.3 Å². The van der Waals surface area contributed by atoms with Gasteiger partial charge >= 0.3 is 5.69 Å². The second-order valence-corrected chi connectivity index (χ2v) is 6.49. The predicted molar refractivity (Wildman–Crippen MR) is 101 cm³/mol. The van der Waals surface area contributed by atoms with Gasteiger partial charge in [-0.3, -0.25) is 13.9 Å². The predicted octanol–water partition coefficient (Wildman–Crippen LogP) is 1.81. The highest BCUT2D eigenvalue weighted by Crippen LogP contribution is 2.12. The molecule has 2 aromatic heterocycles. The Bertz CT molecular complexity index is 1050. The number of hydrogen-bond donors (Lipinski definition) is 0. The van der Waals surface area contributed by atoms with Crippen molar-refractivity contribution in [3.63, 3.8) is 0 Å². The lowest BCUT2D eigenvalue weighted by molar-refractivity contribution is 0.186. The van der Waals surface area contributed by atoms with Gasteiger partial charge in [0.15, 0.2) is 11.2 Å². The van der Waals surface area contributed by atoms with Crippen LogP contribution in [0.5, 0.6) is 0 Å². The van der Waals surface area contributed by atoms with Gasteiger partial charge in [0.2, 0.25) is 0 Å². The van der Waals surface area contributed by atoms with E-state index in [0.29, 0.717) is 35.8 Å².